The third kappa shape index (κ3) is 3.44. The maximum absolute atomic E-state index is 5.70. The summed E-state index contributed by atoms with van der Waals surface area (Å²) in [6.45, 7) is 5.39. The highest BCUT2D eigenvalue weighted by Crippen LogP contribution is 2.31. The van der Waals surface area contributed by atoms with E-state index in [1.807, 2.05) is 19.1 Å². The Kier molecular flexibility index (Phi) is 4.88. The lowest BCUT2D eigenvalue weighted by Crippen LogP contribution is -2.04. The minimum Gasteiger partial charge on any atom is -0.493 e. The topological polar surface area (TPSA) is 30.5 Å². The Balaban J connectivity index is 2.14. The van der Waals surface area contributed by atoms with Crippen molar-refractivity contribution in [2.24, 2.45) is 0 Å². The van der Waals surface area contributed by atoms with Crippen LogP contribution < -0.4 is 14.8 Å². The first-order valence-electron chi connectivity index (χ1n) is 6.83. The lowest BCUT2D eigenvalue weighted by molar-refractivity contribution is 0.308. The molecule has 20 heavy (non-hydrogen) atoms. The van der Waals surface area contributed by atoms with Gasteiger partial charge in [-0.05, 0) is 32.0 Å². The zero-order chi connectivity index (χ0) is 14.4. The molecular weight excluding hydrogens is 250 g/mol. The third-order valence-electron chi connectivity index (χ3n) is 3.10. The SMILES string of the molecule is CCOc1c(CNc2ccc(C)cc2)cccc1OC. The van der Waals surface area contributed by atoms with E-state index >= 15 is 0 Å². The second-order valence-corrected chi connectivity index (χ2v) is 4.60. The molecule has 0 saturated carbocycles. The summed E-state index contributed by atoms with van der Waals surface area (Å²) in [4.78, 5) is 0. The Bertz CT molecular complexity index is 549. The Morgan fingerprint density at radius 1 is 1.05 bits per heavy atom. The number of hydrogen-bond donors (Lipinski definition) is 1. The molecule has 3 nitrogen and oxygen atoms in total. The van der Waals surface area contributed by atoms with Crippen molar-refractivity contribution in [3.63, 3.8) is 0 Å². The van der Waals surface area contributed by atoms with Gasteiger partial charge in [-0.25, -0.2) is 0 Å². The summed E-state index contributed by atoms with van der Waals surface area (Å²) in [5, 5.41) is 3.40. The van der Waals surface area contributed by atoms with Crippen LogP contribution in [0.3, 0.4) is 0 Å². The van der Waals surface area contributed by atoms with E-state index in [1.54, 1.807) is 7.11 Å². The van der Waals surface area contributed by atoms with Crippen molar-refractivity contribution in [2.45, 2.75) is 20.4 Å². The fraction of sp³-hybridized carbons (Fsp3) is 0.294. The normalized spacial score (nSPS) is 10.2. The van der Waals surface area contributed by atoms with Crippen LogP contribution in [0.1, 0.15) is 18.1 Å². The minimum atomic E-state index is 0.623. The number of methoxy groups -OCH3 is 1. The van der Waals surface area contributed by atoms with E-state index in [0.717, 1.165) is 22.7 Å². The zero-order valence-corrected chi connectivity index (χ0v) is 12.3. The molecule has 106 valence electrons. The highest BCUT2D eigenvalue weighted by atomic mass is 16.5. The lowest BCUT2D eigenvalue weighted by Gasteiger charge is -2.15. The molecule has 0 aliphatic rings. The number of rotatable bonds is 6. The Hall–Kier alpha value is -2.16. The van der Waals surface area contributed by atoms with Gasteiger partial charge >= 0.3 is 0 Å². The molecule has 0 aliphatic carbocycles. The summed E-state index contributed by atoms with van der Waals surface area (Å²) in [5.74, 6) is 1.59. The molecule has 1 N–H and O–H groups in total. The van der Waals surface area contributed by atoms with Crippen LogP contribution in [-0.4, -0.2) is 13.7 Å². The molecule has 0 aliphatic heterocycles. The van der Waals surface area contributed by atoms with Crippen LogP contribution in [0.4, 0.5) is 5.69 Å². The van der Waals surface area contributed by atoms with Crippen molar-refractivity contribution < 1.29 is 9.47 Å². The van der Waals surface area contributed by atoms with Gasteiger partial charge in [0.2, 0.25) is 0 Å². The number of benzene rings is 2. The summed E-state index contributed by atoms with van der Waals surface area (Å²) >= 11 is 0. The van der Waals surface area contributed by atoms with Gasteiger partial charge in [0, 0.05) is 17.8 Å². The first kappa shape index (κ1) is 14.3. The molecule has 0 atom stereocenters. The lowest BCUT2D eigenvalue weighted by atomic mass is 10.1. The van der Waals surface area contributed by atoms with Crippen molar-refractivity contribution in [1.82, 2.24) is 0 Å². The number of para-hydroxylation sites is 1. The summed E-state index contributed by atoms with van der Waals surface area (Å²) in [5.41, 5.74) is 3.44. The molecule has 0 radical (unpaired) electrons. The molecule has 0 spiro atoms. The van der Waals surface area contributed by atoms with E-state index < -0.39 is 0 Å². The molecule has 0 saturated heterocycles. The van der Waals surface area contributed by atoms with Crippen LogP contribution in [0.5, 0.6) is 11.5 Å². The first-order chi connectivity index (χ1) is 9.74. The molecule has 0 bridgehead atoms. The summed E-state index contributed by atoms with van der Waals surface area (Å²) in [6.07, 6.45) is 0. The van der Waals surface area contributed by atoms with Crippen molar-refractivity contribution in [1.29, 1.82) is 0 Å². The smallest absolute Gasteiger partial charge is 0.166 e. The van der Waals surface area contributed by atoms with E-state index in [0.29, 0.717) is 13.2 Å². The average Bonchev–Trinajstić information content (AvgIpc) is 2.48. The van der Waals surface area contributed by atoms with Crippen LogP contribution in [0, 0.1) is 6.92 Å². The summed E-state index contributed by atoms with van der Waals surface area (Å²) in [7, 11) is 1.66. The largest absolute Gasteiger partial charge is 0.493 e. The van der Waals surface area contributed by atoms with Gasteiger partial charge in [-0.15, -0.1) is 0 Å². The van der Waals surface area contributed by atoms with E-state index in [-0.39, 0.29) is 0 Å². The Morgan fingerprint density at radius 3 is 2.45 bits per heavy atom. The van der Waals surface area contributed by atoms with Crippen LogP contribution in [0.15, 0.2) is 42.5 Å². The van der Waals surface area contributed by atoms with Crippen LogP contribution >= 0.6 is 0 Å². The van der Waals surface area contributed by atoms with Crippen molar-refractivity contribution in [2.75, 3.05) is 19.0 Å². The van der Waals surface area contributed by atoms with Gasteiger partial charge in [0.15, 0.2) is 11.5 Å². The van der Waals surface area contributed by atoms with E-state index in [9.17, 15) is 0 Å². The third-order valence-corrected chi connectivity index (χ3v) is 3.10. The maximum atomic E-state index is 5.70. The second-order valence-electron chi connectivity index (χ2n) is 4.60. The second kappa shape index (κ2) is 6.85. The molecule has 0 amide bonds. The number of hydrogen-bond acceptors (Lipinski definition) is 3. The first-order valence-corrected chi connectivity index (χ1v) is 6.83. The van der Waals surface area contributed by atoms with Gasteiger partial charge in [0.1, 0.15) is 0 Å². The van der Waals surface area contributed by atoms with Gasteiger partial charge < -0.3 is 14.8 Å². The number of anilines is 1. The zero-order valence-electron chi connectivity index (χ0n) is 12.3. The average molecular weight is 271 g/mol. The van der Waals surface area contributed by atoms with E-state index in [1.165, 1.54) is 5.56 Å². The number of aryl methyl sites for hydroxylation is 1. The van der Waals surface area contributed by atoms with Gasteiger partial charge in [0.25, 0.3) is 0 Å². The molecule has 3 heteroatoms. The summed E-state index contributed by atoms with van der Waals surface area (Å²) in [6, 6.07) is 14.3. The fourth-order valence-electron chi connectivity index (χ4n) is 2.04. The molecule has 0 fully saturated rings. The fourth-order valence-corrected chi connectivity index (χ4v) is 2.04. The molecule has 2 aromatic carbocycles. The minimum absolute atomic E-state index is 0.623. The molecule has 0 heterocycles. The molecule has 0 unspecified atom stereocenters. The van der Waals surface area contributed by atoms with Crippen LogP contribution in [-0.2, 0) is 6.54 Å². The maximum Gasteiger partial charge on any atom is 0.166 e. The van der Waals surface area contributed by atoms with Gasteiger partial charge in [-0.3, -0.25) is 0 Å². The van der Waals surface area contributed by atoms with Crippen LogP contribution in [0.25, 0.3) is 0 Å². The number of nitrogens with one attached hydrogen (secondary N) is 1. The molecule has 2 rings (SSSR count). The summed E-state index contributed by atoms with van der Waals surface area (Å²) < 4.78 is 11.1. The molecular formula is C17H21NO2. The van der Waals surface area contributed by atoms with Crippen LogP contribution in [0.2, 0.25) is 0 Å². The van der Waals surface area contributed by atoms with Crippen molar-refractivity contribution in [3.05, 3.63) is 53.6 Å². The molecule has 0 aromatic heterocycles. The van der Waals surface area contributed by atoms with Gasteiger partial charge in [-0.2, -0.15) is 0 Å². The Morgan fingerprint density at radius 2 is 1.80 bits per heavy atom. The van der Waals surface area contributed by atoms with Gasteiger partial charge in [-0.1, -0.05) is 29.8 Å². The number of ether oxygens (including phenoxy) is 2. The van der Waals surface area contributed by atoms with Crippen molar-refractivity contribution in [3.8, 4) is 11.5 Å². The monoisotopic (exact) mass is 271 g/mol. The predicted octanol–water partition coefficient (Wildman–Crippen LogP) is 4.01. The van der Waals surface area contributed by atoms with E-state index in [2.05, 4.69) is 42.6 Å². The standard InChI is InChI=1S/C17H21NO2/c1-4-20-17-14(6-5-7-16(17)19-3)12-18-15-10-8-13(2)9-11-15/h5-11,18H,4,12H2,1-3H3. The quantitative estimate of drug-likeness (QED) is 0.861. The predicted molar refractivity (Wildman–Crippen MR) is 82.7 cm³/mol. The highest BCUT2D eigenvalue weighted by molar-refractivity contribution is 5.50. The van der Waals surface area contributed by atoms with Gasteiger partial charge in [0.05, 0.1) is 13.7 Å². The highest BCUT2D eigenvalue weighted by Gasteiger charge is 2.09. The van der Waals surface area contributed by atoms with Crippen molar-refractivity contribution >= 4 is 5.69 Å². The molecule has 2 aromatic rings. The van der Waals surface area contributed by atoms with E-state index in [4.69, 9.17) is 9.47 Å². The Labute approximate surface area is 120 Å².